The second kappa shape index (κ2) is 4.84. The Hall–Kier alpha value is -1.25. The van der Waals surface area contributed by atoms with Crippen molar-refractivity contribution in [3.8, 4) is 5.95 Å². The van der Waals surface area contributed by atoms with E-state index in [-0.39, 0.29) is 6.10 Å². The molecule has 78 valence electrons. The second-order valence-corrected chi connectivity index (χ2v) is 3.83. The standard InChI is InChI=1S/C11H16O3/c1-8(2)6-9(3)13-11-5-4-10(7-12)14-11/h4-5,7-9H,6H2,1-3H3. The summed E-state index contributed by atoms with van der Waals surface area (Å²) < 4.78 is 10.6. The molecule has 14 heavy (non-hydrogen) atoms. The Kier molecular flexibility index (Phi) is 3.74. The Bertz CT molecular complexity index is 288. The van der Waals surface area contributed by atoms with Crippen LogP contribution in [0.15, 0.2) is 16.5 Å². The highest BCUT2D eigenvalue weighted by molar-refractivity contribution is 5.70. The number of aldehydes is 1. The molecule has 0 fully saturated rings. The molecule has 0 saturated heterocycles. The Morgan fingerprint density at radius 3 is 2.64 bits per heavy atom. The quantitative estimate of drug-likeness (QED) is 0.680. The van der Waals surface area contributed by atoms with Gasteiger partial charge in [0.1, 0.15) is 0 Å². The summed E-state index contributed by atoms with van der Waals surface area (Å²) in [5.41, 5.74) is 0. The molecule has 3 heteroatoms. The Labute approximate surface area is 84.1 Å². The van der Waals surface area contributed by atoms with Gasteiger partial charge in [-0.1, -0.05) is 13.8 Å². The highest BCUT2D eigenvalue weighted by atomic mass is 16.6. The minimum atomic E-state index is 0.112. The third-order valence-corrected chi connectivity index (χ3v) is 1.84. The smallest absolute Gasteiger partial charge is 0.285 e. The van der Waals surface area contributed by atoms with Gasteiger partial charge in [-0.2, -0.15) is 0 Å². The lowest BCUT2D eigenvalue weighted by molar-refractivity contribution is 0.107. The summed E-state index contributed by atoms with van der Waals surface area (Å²) in [5, 5.41) is 0. The molecule has 0 aliphatic carbocycles. The average molecular weight is 196 g/mol. The van der Waals surface area contributed by atoms with Gasteiger partial charge in [0.2, 0.25) is 0 Å². The van der Waals surface area contributed by atoms with Gasteiger partial charge in [0.25, 0.3) is 5.95 Å². The molecule has 0 spiro atoms. The van der Waals surface area contributed by atoms with E-state index in [1.165, 1.54) is 0 Å². The molecule has 0 amide bonds. The lowest BCUT2D eigenvalue weighted by Crippen LogP contribution is -2.13. The molecule has 1 atom stereocenters. The first-order chi connectivity index (χ1) is 6.61. The zero-order valence-electron chi connectivity index (χ0n) is 8.82. The molecule has 0 bridgehead atoms. The minimum absolute atomic E-state index is 0.112. The van der Waals surface area contributed by atoms with Crippen LogP contribution in [0.3, 0.4) is 0 Å². The van der Waals surface area contributed by atoms with Crippen LogP contribution in [0.1, 0.15) is 37.7 Å². The third-order valence-electron chi connectivity index (χ3n) is 1.84. The third kappa shape index (κ3) is 3.24. The van der Waals surface area contributed by atoms with Crippen molar-refractivity contribution < 1.29 is 13.9 Å². The molecule has 1 unspecified atom stereocenters. The summed E-state index contributed by atoms with van der Waals surface area (Å²) in [6, 6.07) is 3.27. The van der Waals surface area contributed by atoms with E-state index in [0.29, 0.717) is 23.9 Å². The Morgan fingerprint density at radius 1 is 1.43 bits per heavy atom. The summed E-state index contributed by atoms with van der Waals surface area (Å²) in [6.07, 6.45) is 1.75. The van der Waals surface area contributed by atoms with Crippen molar-refractivity contribution in [2.24, 2.45) is 5.92 Å². The fourth-order valence-corrected chi connectivity index (χ4v) is 1.37. The lowest BCUT2D eigenvalue weighted by Gasteiger charge is -2.13. The maximum absolute atomic E-state index is 10.3. The van der Waals surface area contributed by atoms with E-state index in [4.69, 9.17) is 9.15 Å². The van der Waals surface area contributed by atoms with Crippen LogP contribution in [0.2, 0.25) is 0 Å². The maximum Gasteiger partial charge on any atom is 0.285 e. The van der Waals surface area contributed by atoms with E-state index in [0.717, 1.165) is 6.42 Å². The monoisotopic (exact) mass is 196 g/mol. The van der Waals surface area contributed by atoms with E-state index in [2.05, 4.69) is 13.8 Å². The van der Waals surface area contributed by atoms with Crippen molar-refractivity contribution >= 4 is 6.29 Å². The summed E-state index contributed by atoms with van der Waals surface area (Å²) in [5.74, 6) is 1.31. The normalized spacial score (nSPS) is 12.9. The SMILES string of the molecule is CC(C)CC(C)Oc1ccc(C=O)o1. The van der Waals surface area contributed by atoms with Crippen molar-refractivity contribution in [1.29, 1.82) is 0 Å². The molecule has 1 aromatic rings. The summed E-state index contributed by atoms with van der Waals surface area (Å²) in [6.45, 7) is 6.26. The molecular weight excluding hydrogens is 180 g/mol. The first kappa shape index (κ1) is 10.8. The average Bonchev–Trinajstić information content (AvgIpc) is 2.50. The van der Waals surface area contributed by atoms with Gasteiger partial charge in [-0.25, -0.2) is 0 Å². The maximum atomic E-state index is 10.3. The number of rotatable bonds is 5. The van der Waals surface area contributed by atoms with Gasteiger partial charge in [0.15, 0.2) is 12.0 Å². The van der Waals surface area contributed by atoms with Crippen LogP contribution in [0.25, 0.3) is 0 Å². The molecule has 1 rings (SSSR count). The number of furan rings is 1. The van der Waals surface area contributed by atoms with Crippen LogP contribution in [0, 0.1) is 5.92 Å². The molecule has 1 heterocycles. The first-order valence-corrected chi connectivity index (χ1v) is 4.83. The molecule has 3 nitrogen and oxygen atoms in total. The highest BCUT2D eigenvalue weighted by Crippen LogP contribution is 2.18. The zero-order valence-corrected chi connectivity index (χ0v) is 8.82. The van der Waals surface area contributed by atoms with Gasteiger partial charge >= 0.3 is 0 Å². The van der Waals surface area contributed by atoms with Gasteiger partial charge in [-0.3, -0.25) is 4.79 Å². The molecule has 0 aromatic carbocycles. The number of ether oxygens (including phenoxy) is 1. The van der Waals surface area contributed by atoms with Crippen molar-refractivity contribution in [2.45, 2.75) is 33.3 Å². The van der Waals surface area contributed by atoms with E-state index in [9.17, 15) is 4.79 Å². The molecule has 0 aliphatic heterocycles. The minimum Gasteiger partial charge on any atom is -0.462 e. The van der Waals surface area contributed by atoms with Gasteiger partial charge in [0.05, 0.1) is 6.10 Å². The fraction of sp³-hybridized carbons (Fsp3) is 0.545. The predicted octanol–water partition coefficient (Wildman–Crippen LogP) is 2.91. The van der Waals surface area contributed by atoms with E-state index >= 15 is 0 Å². The topological polar surface area (TPSA) is 39.4 Å². The van der Waals surface area contributed by atoms with E-state index in [1.54, 1.807) is 12.1 Å². The lowest BCUT2D eigenvalue weighted by atomic mass is 10.1. The van der Waals surface area contributed by atoms with Gasteiger partial charge < -0.3 is 9.15 Å². The highest BCUT2D eigenvalue weighted by Gasteiger charge is 2.09. The van der Waals surface area contributed by atoms with Crippen molar-refractivity contribution in [3.63, 3.8) is 0 Å². The molecule has 1 aromatic heterocycles. The summed E-state index contributed by atoms with van der Waals surface area (Å²) in [4.78, 5) is 10.3. The number of hydrogen-bond acceptors (Lipinski definition) is 3. The first-order valence-electron chi connectivity index (χ1n) is 4.83. The van der Waals surface area contributed by atoms with Gasteiger partial charge in [0, 0.05) is 6.07 Å². The van der Waals surface area contributed by atoms with E-state index in [1.807, 2.05) is 6.92 Å². The number of carbonyl (C=O) groups is 1. The number of carbonyl (C=O) groups excluding carboxylic acids is 1. The van der Waals surface area contributed by atoms with Crippen LogP contribution in [-0.2, 0) is 0 Å². The van der Waals surface area contributed by atoms with Gasteiger partial charge in [-0.05, 0) is 25.3 Å². The largest absolute Gasteiger partial charge is 0.462 e. The van der Waals surface area contributed by atoms with Crippen LogP contribution < -0.4 is 4.74 Å². The molecular formula is C11H16O3. The number of hydrogen-bond donors (Lipinski definition) is 0. The van der Waals surface area contributed by atoms with Crippen molar-refractivity contribution in [2.75, 3.05) is 0 Å². The van der Waals surface area contributed by atoms with E-state index < -0.39 is 0 Å². The predicted molar refractivity (Wildman–Crippen MR) is 53.6 cm³/mol. The molecule has 0 saturated carbocycles. The van der Waals surface area contributed by atoms with Gasteiger partial charge in [-0.15, -0.1) is 0 Å². The fourth-order valence-electron chi connectivity index (χ4n) is 1.37. The summed E-state index contributed by atoms with van der Waals surface area (Å²) >= 11 is 0. The zero-order chi connectivity index (χ0) is 10.6. The van der Waals surface area contributed by atoms with Crippen LogP contribution in [-0.4, -0.2) is 12.4 Å². The van der Waals surface area contributed by atoms with Crippen molar-refractivity contribution in [1.82, 2.24) is 0 Å². The molecule has 0 radical (unpaired) electrons. The van der Waals surface area contributed by atoms with Crippen LogP contribution >= 0.6 is 0 Å². The van der Waals surface area contributed by atoms with Crippen LogP contribution in [0.4, 0.5) is 0 Å². The Balaban J connectivity index is 2.47. The Morgan fingerprint density at radius 2 is 2.14 bits per heavy atom. The molecule has 0 N–H and O–H groups in total. The van der Waals surface area contributed by atoms with Crippen molar-refractivity contribution in [3.05, 3.63) is 17.9 Å². The summed E-state index contributed by atoms with van der Waals surface area (Å²) in [7, 11) is 0. The molecule has 0 aliphatic rings. The van der Waals surface area contributed by atoms with Crippen LogP contribution in [0.5, 0.6) is 5.95 Å². The second-order valence-electron chi connectivity index (χ2n) is 3.83.